The minimum atomic E-state index is -4.95. The van der Waals surface area contributed by atoms with E-state index in [1.54, 1.807) is 27.7 Å². The van der Waals surface area contributed by atoms with Gasteiger partial charge in [-0.3, -0.25) is 43.7 Å². The number of rotatable bonds is 13. The second-order valence-corrected chi connectivity index (χ2v) is 14.1. The molecule has 286 valence electrons. The first-order valence-corrected chi connectivity index (χ1v) is 15.6. The Morgan fingerprint density at radius 1 is 0.745 bits per heavy atom. The van der Waals surface area contributed by atoms with Gasteiger partial charge in [-0.15, -0.1) is 0 Å². The average molecular weight is 734 g/mol. The maximum atomic E-state index is 13.2. The Kier molecular flexibility index (Phi) is 15.9. The molecule has 0 spiro atoms. The number of carbonyl (C=O) groups excluding carboxylic acids is 7. The van der Waals surface area contributed by atoms with Gasteiger partial charge in [0.15, 0.2) is 23.3 Å². The first-order valence-electron chi connectivity index (χ1n) is 15.6. The van der Waals surface area contributed by atoms with Crippen molar-refractivity contribution in [3.63, 3.8) is 0 Å². The zero-order chi connectivity index (χ0) is 40.5. The Balaban J connectivity index is 0.00000117. The van der Waals surface area contributed by atoms with Gasteiger partial charge in [0.25, 0.3) is 5.69 Å². The van der Waals surface area contributed by atoms with Crippen molar-refractivity contribution in [1.82, 2.24) is 0 Å². The fraction of sp³-hybridized carbons (Fsp3) is 0.618. The van der Waals surface area contributed by atoms with Crippen LogP contribution in [0, 0.1) is 26.9 Å². The number of hydrogen-bond acceptors (Lipinski definition) is 13. The molecule has 1 rings (SSSR count). The number of nitrogens with zero attached hydrogens (tertiary/aromatic N) is 1. The maximum absolute atomic E-state index is 13.2. The number of esters is 4. The number of nitro benzene ring substituents is 1. The van der Waals surface area contributed by atoms with E-state index in [1.807, 2.05) is 0 Å². The predicted molar refractivity (Wildman–Crippen MR) is 173 cm³/mol. The molecule has 0 radical (unpaired) electrons. The quantitative estimate of drug-likeness (QED) is 0.0590. The van der Waals surface area contributed by atoms with Crippen molar-refractivity contribution in [2.24, 2.45) is 16.7 Å². The SMILES string of the molecule is CCOC(=O)C(C)(C)C(=O)C(C(=O)OC(C)(C)C)C(=O)c1ccc(C(F)(F)F)cc1[N+](=O)[O-].CCOC(=O)C(C)(C)C(=O)CC(=O)OC(C)(C)C. The molecule has 1 aromatic rings. The topological polar surface area (TPSA) is 200 Å². The molecular weight excluding hydrogens is 687 g/mol. The standard InChI is InChI=1S/C21H24F3NO8.C13H22O5/c1-7-32-18(29)20(5,6)16(27)14(17(28)33-19(2,3)4)15(26)12-9-8-11(21(22,23)24)10-13(12)25(30)31;1-7-17-11(16)13(5,6)9(14)8-10(15)18-12(2,3)4/h8-10,14H,7H2,1-6H3;7-8H2,1-6H3. The van der Waals surface area contributed by atoms with Crippen molar-refractivity contribution in [2.45, 2.75) is 107 Å². The molecule has 14 nitrogen and oxygen atoms in total. The number of alkyl halides is 3. The molecule has 0 saturated carbocycles. The lowest BCUT2D eigenvalue weighted by Crippen LogP contribution is -2.46. The van der Waals surface area contributed by atoms with Crippen molar-refractivity contribution in [3.05, 3.63) is 39.4 Å². The van der Waals surface area contributed by atoms with E-state index in [-0.39, 0.29) is 19.3 Å². The summed E-state index contributed by atoms with van der Waals surface area (Å²) in [5.74, 6) is -9.37. The van der Waals surface area contributed by atoms with Gasteiger partial charge < -0.3 is 18.9 Å². The van der Waals surface area contributed by atoms with Crippen LogP contribution < -0.4 is 0 Å². The normalized spacial score (nSPS) is 12.7. The summed E-state index contributed by atoms with van der Waals surface area (Å²) in [5.41, 5.74) is -8.80. The molecule has 0 saturated heterocycles. The molecule has 0 aliphatic rings. The Hall–Kier alpha value is -4.70. The molecule has 0 aliphatic carbocycles. The monoisotopic (exact) mass is 733 g/mol. The lowest BCUT2D eigenvalue weighted by Gasteiger charge is -2.27. The number of ether oxygens (including phenoxy) is 4. The van der Waals surface area contributed by atoms with Gasteiger partial charge in [-0.25, -0.2) is 0 Å². The number of ketones is 3. The highest BCUT2D eigenvalue weighted by Gasteiger charge is 2.50. The fourth-order valence-electron chi connectivity index (χ4n) is 3.84. The number of nitro groups is 1. The molecule has 0 aromatic heterocycles. The van der Waals surface area contributed by atoms with E-state index in [0.29, 0.717) is 12.1 Å². The minimum Gasteiger partial charge on any atom is -0.465 e. The third-order valence-corrected chi connectivity index (χ3v) is 6.56. The van der Waals surface area contributed by atoms with Gasteiger partial charge in [0.05, 0.1) is 29.3 Å². The van der Waals surface area contributed by atoms with Crippen LogP contribution in [-0.2, 0) is 53.9 Å². The van der Waals surface area contributed by atoms with Crippen molar-refractivity contribution in [3.8, 4) is 0 Å². The van der Waals surface area contributed by atoms with Gasteiger partial charge >= 0.3 is 30.1 Å². The van der Waals surface area contributed by atoms with Crippen LogP contribution in [-0.4, -0.2) is 70.6 Å². The van der Waals surface area contributed by atoms with Gasteiger partial charge in [-0.2, -0.15) is 13.2 Å². The van der Waals surface area contributed by atoms with E-state index in [2.05, 4.69) is 0 Å². The molecule has 17 heteroatoms. The summed E-state index contributed by atoms with van der Waals surface area (Å²) in [6.45, 7) is 17.7. The van der Waals surface area contributed by atoms with Crippen LogP contribution in [0.1, 0.15) is 105 Å². The van der Waals surface area contributed by atoms with Crippen LogP contribution in [0.15, 0.2) is 18.2 Å². The van der Waals surface area contributed by atoms with Crippen molar-refractivity contribution in [2.75, 3.05) is 13.2 Å². The largest absolute Gasteiger partial charge is 0.465 e. The molecule has 0 N–H and O–H groups in total. The molecule has 0 aliphatic heterocycles. The number of carbonyl (C=O) groups is 7. The zero-order valence-corrected chi connectivity index (χ0v) is 30.8. The molecule has 0 amide bonds. The van der Waals surface area contributed by atoms with Crippen molar-refractivity contribution >= 4 is 46.9 Å². The molecule has 0 bridgehead atoms. The fourth-order valence-corrected chi connectivity index (χ4v) is 3.84. The van der Waals surface area contributed by atoms with Crippen molar-refractivity contribution < 1.29 is 70.6 Å². The summed E-state index contributed by atoms with van der Waals surface area (Å²) >= 11 is 0. The van der Waals surface area contributed by atoms with Crippen molar-refractivity contribution in [1.29, 1.82) is 0 Å². The molecule has 1 aromatic carbocycles. The van der Waals surface area contributed by atoms with Crippen LogP contribution in [0.3, 0.4) is 0 Å². The van der Waals surface area contributed by atoms with E-state index in [4.69, 9.17) is 18.9 Å². The summed E-state index contributed by atoms with van der Waals surface area (Å²) in [4.78, 5) is 96.5. The maximum Gasteiger partial charge on any atom is 0.416 e. The van der Waals surface area contributed by atoms with Crippen LogP contribution >= 0.6 is 0 Å². The van der Waals surface area contributed by atoms with Crippen LogP contribution in [0.4, 0.5) is 18.9 Å². The van der Waals surface area contributed by atoms with E-state index >= 15 is 0 Å². The Labute approximate surface area is 293 Å². The van der Waals surface area contributed by atoms with Gasteiger partial charge in [0.1, 0.15) is 28.5 Å². The summed E-state index contributed by atoms with van der Waals surface area (Å²) < 4.78 is 58.7. The van der Waals surface area contributed by atoms with E-state index in [1.165, 1.54) is 41.5 Å². The third kappa shape index (κ3) is 13.9. The average Bonchev–Trinajstić information content (AvgIpc) is 2.94. The van der Waals surface area contributed by atoms with Gasteiger partial charge in [-0.05, 0) is 95.2 Å². The Bertz CT molecular complexity index is 1510. The second kappa shape index (κ2) is 17.5. The minimum absolute atomic E-state index is 0.120. The summed E-state index contributed by atoms with van der Waals surface area (Å²) in [5, 5.41) is 11.4. The van der Waals surface area contributed by atoms with Gasteiger partial charge in [0, 0.05) is 6.07 Å². The Morgan fingerprint density at radius 3 is 1.59 bits per heavy atom. The molecule has 0 heterocycles. The summed E-state index contributed by atoms with van der Waals surface area (Å²) in [7, 11) is 0. The molecule has 1 unspecified atom stereocenters. The van der Waals surface area contributed by atoms with Gasteiger partial charge in [-0.1, -0.05) is 0 Å². The summed E-state index contributed by atoms with van der Waals surface area (Å²) in [6.07, 6.45) is -5.37. The number of benzene rings is 1. The summed E-state index contributed by atoms with van der Waals surface area (Å²) in [6, 6.07) is 1.04. The second-order valence-electron chi connectivity index (χ2n) is 14.1. The van der Waals surface area contributed by atoms with Crippen LogP contribution in [0.5, 0.6) is 0 Å². The highest BCUT2D eigenvalue weighted by atomic mass is 19.4. The van der Waals surface area contributed by atoms with Crippen LogP contribution in [0.2, 0.25) is 0 Å². The van der Waals surface area contributed by atoms with Crippen LogP contribution in [0.25, 0.3) is 0 Å². The van der Waals surface area contributed by atoms with E-state index in [9.17, 15) is 56.8 Å². The zero-order valence-electron chi connectivity index (χ0n) is 30.8. The Morgan fingerprint density at radius 2 is 1.20 bits per heavy atom. The molecule has 1 atom stereocenters. The lowest BCUT2D eigenvalue weighted by molar-refractivity contribution is -0.385. The molecular formula is C34H46F3NO13. The highest BCUT2D eigenvalue weighted by molar-refractivity contribution is 6.27. The van der Waals surface area contributed by atoms with E-state index < -0.39 is 104 Å². The molecule has 51 heavy (non-hydrogen) atoms. The smallest absolute Gasteiger partial charge is 0.416 e. The van der Waals surface area contributed by atoms with Gasteiger partial charge in [0.2, 0.25) is 0 Å². The van der Waals surface area contributed by atoms with E-state index in [0.717, 1.165) is 13.8 Å². The number of halogens is 3. The first-order chi connectivity index (χ1) is 22.8. The first kappa shape index (κ1) is 46.3. The lowest BCUT2D eigenvalue weighted by atomic mass is 9.78. The predicted octanol–water partition coefficient (Wildman–Crippen LogP) is 5.79. The number of Topliss-reactive ketones (excluding diaryl/α,β-unsaturated/α-hetero) is 3. The molecule has 0 fully saturated rings. The number of hydrogen-bond donors (Lipinski definition) is 0. The highest BCUT2D eigenvalue weighted by Crippen LogP contribution is 2.35. The third-order valence-electron chi connectivity index (χ3n) is 6.56.